The third-order valence-electron chi connectivity index (χ3n) is 1.65. The molecule has 0 rings (SSSR count). The highest BCUT2D eigenvalue weighted by molar-refractivity contribution is 6.02. The van der Waals surface area contributed by atoms with Gasteiger partial charge in [-0.2, -0.15) is 4.90 Å². The normalized spacial score (nSPS) is 8.44. The number of hydrogen-bond donors (Lipinski definition) is 0. The van der Waals surface area contributed by atoms with Crippen molar-refractivity contribution in [2.75, 3.05) is 6.54 Å². The van der Waals surface area contributed by atoms with E-state index in [0.717, 1.165) is 4.90 Å². The maximum absolute atomic E-state index is 11.8. The van der Waals surface area contributed by atoms with Crippen molar-refractivity contribution in [3.05, 3.63) is 12.7 Å². The lowest BCUT2D eigenvalue weighted by molar-refractivity contribution is -0.127. The van der Waals surface area contributed by atoms with E-state index >= 15 is 0 Å². The first kappa shape index (κ1) is 13.9. The zero-order valence-corrected chi connectivity index (χ0v) is 9.61. The Hall–Kier alpha value is -2.09. The van der Waals surface area contributed by atoms with E-state index in [2.05, 4.69) is 18.5 Å². The standard InChI is InChI=1S/C11H14N2O3/c1-5-7-12(9(3)14)11(16)13(8-6-2)10(4)15/h5H,1,7H2,2-4H3. The summed E-state index contributed by atoms with van der Waals surface area (Å²) in [7, 11) is 0. The number of carbonyl (C=O) groups excluding carboxylic acids is 3. The highest BCUT2D eigenvalue weighted by atomic mass is 16.2. The highest BCUT2D eigenvalue weighted by Crippen LogP contribution is 2.00. The molecule has 0 N–H and O–H groups in total. The van der Waals surface area contributed by atoms with E-state index in [1.54, 1.807) is 0 Å². The summed E-state index contributed by atoms with van der Waals surface area (Å²) in [4.78, 5) is 35.7. The van der Waals surface area contributed by atoms with Crippen molar-refractivity contribution >= 4 is 17.8 Å². The van der Waals surface area contributed by atoms with Crippen LogP contribution in [-0.2, 0) is 9.59 Å². The molecule has 4 amide bonds. The minimum atomic E-state index is -0.755. The molecule has 5 nitrogen and oxygen atoms in total. The van der Waals surface area contributed by atoms with Crippen molar-refractivity contribution in [2.24, 2.45) is 0 Å². The van der Waals surface area contributed by atoms with Crippen molar-refractivity contribution in [1.29, 1.82) is 0 Å². The van der Waals surface area contributed by atoms with Gasteiger partial charge in [0, 0.05) is 26.4 Å². The van der Waals surface area contributed by atoms with Crippen LogP contribution < -0.4 is 0 Å². The minimum Gasteiger partial charge on any atom is -0.275 e. The number of imide groups is 2. The first-order chi connectivity index (χ1) is 7.45. The third-order valence-corrected chi connectivity index (χ3v) is 1.65. The lowest BCUT2D eigenvalue weighted by atomic mass is 10.4. The van der Waals surface area contributed by atoms with E-state index in [4.69, 9.17) is 0 Å². The van der Waals surface area contributed by atoms with Crippen LogP contribution >= 0.6 is 0 Å². The van der Waals surface area contributed by atoms with Crippen molar-refractivity contribution in [3.63, 3.8) is 0 Å². The Bertz CT molecular complexity index is 376. The van der Waals surface area contributed by atoms with Crippen molar-refractivity contribution in [2.45, 2.75) is 20.8 Å². The molecule has 16 heavy (non-hydrogen) atoms. The summed E-state index contributed by atoms with van der Waals surface area (Å²) >= 11 is 0. The van der Waals surface area contributed by atoms with Gasteiger partial charge < -0.3 is 0 Å². The van der Waals surface area contributed by atoms with Crippen LogP contribution in [0.1, 0.15) is 20.8 Å². The van der Waals surface area contributed by atoms with Gasteiger partial charge in [0.2, 0.25) is 11.8 Å². The maximum Gasteiger partial charge on any atom is 0.345 e. The molecule has 0 saturated heterocycles. The van der Waals surface area contributed by atoms with Crippen LogP contribution in [0.4, 0.5) is 4.79 Å². The van der Waals surface area contributed by atoms with Gasteiger partial charge in [0.15, 0.2) is 0 Å². The lowest BCUT2D eigenvalue weighted by Crippen LogP contribution is -2.45. The van der Waals surface area contributed by atoms with Crippen LogP contribution in [0.3, 0.4) is 0 Å². The van der Waals surface area contributed by atoms with Gasteiger partial charge >= 0.3 is 6.03 Å². The van der Waals surface area contributed by atoms with Gasteiger partial charge in [-0.1, -0.05) is 12.0 Å². The quantitative estimate of drug-likeness (QED) is 0.397. The summed E-state index contributed by atoms with van der Waals surface area (Å²) in [5.41, 5.74) is 0. The zero-order valence-electron chi connectivity index (χ0n) is 9.61. The minimum absolute atomic E-state index is 0.0450. The molecule has 0 saturated carbocycles. The summed E-state index contributed by atoms with van der Waals surface area (Å²) in [6, 6.07) is 1.58. The zero-order chi connectivity index (χ0) is 12.7. The topological polar surface area (TPSA) is 57.7 Å². The Morgan fingerprint density at radius 3 is 2.12 bits per heavy atom. The predicted octanol–water partition coefficient (Wildman–Crippen LogP) is 0.970. The molecule has 86 valence electrons. The molecule has 0 aromatic carbocycles. The van der Waals surface area contributed by atoms with Gasteiger partial charge in [-0.3, -0.25) is 14.5 Å². The fourth-order valence-corrected chi connectivity index (χ4v) is 0.964. The van der Waals surface area contributed by atoms with Crippen LogP contribution in [0.25, 0.3) is 0 Å². The molecular formula is C11H14N2O3. The number of nitrogens with zero attached hydrogens (tertiary/aromatic N) is 2. The van der Waals surface area contributed by atoms with E-state index in [0.29, 0.717) is 4.90 Å². The Balaban J connectivity index is 5.06. The first-order valence-electron chi connectivity index (χ1n) is 4.61. The van der Waals surface area contributed by atoms with Crippen LogP contribution in [-0.4, -0.2) is 34.2 Å². The Kier molecular flexibility index (Phi) is 5.57. The molecule has 0 heterocycles. The van der Waals surface area contributed by atoms with E-state index in [1.807, 2.05) is 0 Å². The van der Waals surface area contributed by atoms with Gasteiger partial charge in [-0.25, -0.2) is 4.79 Å². The summed E-state index contributed by atoms with van der Waals surface area (Å²) in [6.07, 6.45) is 1.40. The van der Waals surface area contributed by atoms with Gasteiger partial charge in [-0.05, 0) is 6.92 Å². The van der Waals surface area contributed by atoms with Crippen LogP contribution in [0.2, 0.25) is 0 Å². The Labute approximate surface area is 94.7 Å². The number of hydrogen-bond acceptors (Lipinski definition) is 3. The smallest absolute Gasteiger partial charge is 0.275 e. The van der Waals surface area contributed by atoms with Gasteiger partial charge in [0.25, 0.3) is 0 Å². The molecule has 0 atom stereocenters. The number of carbonyl (C=O) groups is 3. The van der Waals surface area contributed by atoms with E-state index in [1.165, 1.54) is 26.8 Å². The Morgan fingerprint density at radius 2 is 1.81 bits per heavy atom. The van der Waals surface area contributed by atoms with E-state index in [9.17, 15) is 14.4 Å². The summed E-state index contributed by atoms with van der Waals surface area (Å²) in [5, 5.41) is 0. The van der Waals surface area contributed by atoms with Crippen LogP contribution in [0.5, 0.6) is 0 Å². The highest BCUT2D eigenvalue weighted by Gasteiger charge is 2.24. The monoisotopic (exact) mass is 222 g/mol. The SMILES string of the molecule is C=CCN(C(C)=O)C(=O)N(C#CC)C(C)=O. The summed E-state index contributed by atoms with van der Waals surface area (Å²) in [5.74, 6) is 1.44. The third kappa shape index (κ3) is 3.58. The Morgan fingerprint density at radius 1 is 1.25 bits per heavy atom. The molecule has 0 radical (unpaired) electrons. The largest absolute Gasteiger partial charge is 0.345 e. The summed E-state index contributed by atoms with van der Waals surface area (Å²) in [6.45, 7) is 7.41. The van der Waals surface area contributed by atoms with Crippen LogP contribution in [0, 0.1) is 12.0 Å². The van der Waals surface area contributed by atoms with Crippen molar-refractivity contribution in [1.82, 2.24) is 9.80 Å². The van der Waals surface area contributed by atoms with Crippen molar-refractivity contribution < 1.29 is 14.4 Å². The molecule has 0 aliphatic rings. The molecule has 0 aromatic heterocycles. The second-order valence-corrected chi connectivity index (χ2v) is 2.92. The molecule has 0 aromatic rings. The average Bonchev–Trinajstić information content (AvgIpc) is 2.20. The number of urea groups is 1. The fourth-order valence-electron chi connectivity index (χ4n) is 0.964. The first-order valence-corrected chi connectivity index (χ1v) is 4.61. The second-order valence-electron chi connectivity index (χ2n) is 2.92. The van der Waals surface area contributed by atoms with Gasteiger partial charge in [0.05, 0.1) is 0 Å². The molecule has 0 fully saturated rings. The van der Waals surface area contributed by atoms with Gasteiger partial charge in [-0.15, -0.1) is 6.58 Å². The van der Waals surface area contributed by atoms with Gasteiger partial charge in [0.1, 0.15) is 0 Å². The average molecular weight is 222 g/mol. The number of rotatable bonds is 2. The molecule has 0 spiro atoms. The predicted molar refractivity (Wildman–Crippen MR) is 59.0 cm³/mol. The summed E-state index contributed by atoms with van der Waals surface area (Å²) < 4.78 is 0. The molecule has 0 bridgehead atoms. The van der Waals surface area contributed by atoms with Crippen LogP contribution in [0.15, 0.2) is 12.7 Å². The molecule has 0 aliphatic carbocycles. The lowest BCUT2D eigenvalue weighted by Gasteiger charge is -2.21. The van der Waals surface area contributed by atoms with E-state index < -0.39 is 17.8 Å². The molecule has 0 aliphatic heterocycles. The fraction of sp³-hybridized carbons (Fsp3) is 0.364. The van der Waals surface area contributed by atoms with E-state index in [-0.39, 0.29) is 6.54 Å². The number of amides is 4. The molecule has 0 unspecified atom stereocenters. The maximum atomic E-state index is 11.8. The second kappa shape index (κ2) is 6.40. The molecule has 5 heteroatoms. The molecular weight excluding hydrogens is 208 g/mol. The van der Waals surface area contributed by atoms with Crippen molar-refractivity contribution in [3.8, 4) is 12.0 Å².